The van der Waals surface area contributed by atoms with Gasteiger partial charge in [0.25, 0.3) is 0 Å². The van der Waals surface area contributed by atoms with Crippen LogP contribution < -0.4 is 4.74 Å². The van der Waals surface area contributed by atoms with E-state index in [1.54, 1.807) is 11.3 Å². The molecule has 19 heavy (non-hydrogen) atoms. The number of thiophene rings is 1. The van der Waals surface area contributed by atoms with E-state index in [-0.39, 0.29) is 6.10 Å². The fourth-order valence-corrected chi connectivity index (χ4v) is 3.36. The Bertz CT molecular complexity index is 536. The van der Waals surface area contributed by atoms with Gasteiger partial charge in [-0.3, -0.25) is 0 Å². The highest BCUT2D eigenvalue weighted by molar-refractivity contribution is 9.11. The second-order valence-electron chi connectivity index (χ2n) is 4.66. The minimum Gasteiger partial charge on any atom is -0.491 e. The van der Waals surface area contributed by atoms with Crippen molar-refractivity contribution >= 4 is 27.3 Å². The summed E-state index contributed by atoms with van der Waals surface area (Å²) in [6.45, 7) is 3.98. The van der Waals surface area contributed by atoms with E-state index in [0.29, 0.717) is 6.42 Å². The van der Waals surface area contributed by atoms with Crippen LogP contribution in [0.5, 0.6) is 5.75 Å². The van der Waals surface area contributed by atoms with Crippen LogP contribution in [0.4, 0.5) is 0 Å². The number of aliphatic hydroxyl groups is 1. The first kappa shape index (κ1) is 14.6. The molecule has 1 aromatic carbocycles. The second-order valence-corrected chi connectivity index (χ2v) is 7.21. The van der Waals surface area contributed by atoms with Crippen molar-refractivity contribution in [2.75, 3.05) is 0 Å². The monoisotopic (exact) mass is 340 g/mol. The third-order valence-corrected chi connectivity index (χ3v) is 4.28. The van der Waals surface area contributed by atoms with Gasteiger partial charge in [-0.2, -0.15) is 0 Å². The summed E-state index contributed by atoms with van der Waals surface area (Å²) in [5, 5.41) is 10.3. The predicted octanol–water partition coefficient (Wildman–Crippen LogP) is 4.57. The fourth-order valence-electron chi connectivity index (χ4n) is 1.84. The molecule has 1 N–H and O–H groups in total. The maximum atomic E-state index is 10.3. The summed E-state index contributed by atoms with van der Waals surface area (Å²) in [5.41, 5.74) is 0.891. The molecule has 0 bridgehead atoms. The Labute approximate surface area is 126 Å². The molecule has 2 aromatic rings. The molecule has 0 aliphatic carbocycles. The lowest BCUT2D eigenvalue weighted by atomic mass is 10.1. The van der Waals surface area contributed by atoms with Crippen LogP contribution in [0.25, 0.3) is 0 Å². The molecule has 2 rings (SSSR count). The van der Waals surface area contributed by atoms with E-state index in [1.165, 1.54) is 0 Å². The zero-order valence-electron chi connectivity index (χ0n) is 11.0. The Morgan fingerprint density at radius 1 is 1.26 bits per heavy atom. The number of halogens is 1. The van der Waals surface area contributed by atoms with Crippen LogP contribution >= 0.6 is 27.3 Å². The van der Waals surface area contributed by atoms with E-state index in [1.807, 2.05) is 50.2 Å². The van der Waals surface area contributed by atoms with Crippen molar-refractivity contribution in [1.29, 1.82) is 0 Å². The van der Waals surface area contributed by atoms with Gasteiger partial charge < -0.3 is 9.84 Å². The maximum Gasteiger partial charge on any atom is 0.120 e. The average molecular weight is 341 g/mol. The van der Waals surface area contributed by atoms with Crippen molar-refractivity contribution < 1.29 is 9.84 Å². The minimum absolute atomic E-state index is 0.139. The normalized spacial score (nSPS) is 12.7. The molecule has 0 saturated carbocycles. The Hall–Kier alpha value is -0.840. The topological polar surface area (TPSA) is 29.5 Å². The van der Waals surface area contributed by atoms with E-state index >= 15 is 0 Å². The zero-order valence-corrected chi connectivity index (χ0v) is 13.4. The summed E-state index contributed by atoms with van der Waals surface area (Å²) in [7, 11) is 0. The quantitative estimate of drug-likeness (QED) is 0.863. The Kier molecular flexibility index (Phi) is 5.02. The molecule has 1 unspecified atom stereocenters. The van der Waals surface area contributed by atoms with Gasteiger partial charge in [-0.05, 0) is 59.6 Å². The first-order valence-electron chi connectivity index (χ1n) is 6.23. The number of ether oxygens (including phenoxy) is 1. The van der Waals surface area contributed by atoms with Crippen molar-refractivity contribution in [1.82, 2.24) is 0 Å². The average Bonchev–Trinajstić information content (AvgIpc) is 2.74. The Morgan fingerprint density at radius 3 is 2.68 bits per heavy atom. The largest absolute Gasteiger partial charge is 0.491 e. The summed E-state index contributed by atoms with van der Waals surface area (Å²) in [6, 6.07) is 11.7. The predicted molar refractivity (Wildman–Crippen MR) is 82.9 cm³/mol. The summed E-state index contributed by atoms with van der Waals surface area (Å²) < 4.78 is 6.73. The van der Waals surface area contributed by atoms with Crippen LogP contribution in [-0.2, 0) is 6.42 Å². The van der Waals surface area contributed by atoms with Crippen molar-refractivity contribution in [3.63, 3.8) is 0 Å². The first-order valence-corrected chi connectivity index (χ1v) is 7.84. The summed E-state index contributed by atoms with van der Waals surface area (Å²) in [4.78, 5) is 1.16. The molecular formula is C15H17BrO2S. The Morgan fingerprint density at radius 2 is 2.05 bits per heavy atom. The summed E-state index contributed by atoms with van der Waals surface area (Å²) >= 11 is 5.08. The fraction of sp³-hybridized carbons (Fsp3) is 0.333. The van der Waals surface area contributed by atoms with E-state index in [0.717, 1.165) is 20.0 Å². The maximum absolute atomic E-state index is 10.3. The molecule has 0 saturated heterocycles. The minimum atomic E-state index is -0.499. The van der Waals surface area contributed by atoms with Gasteiger partial charge in [-0.15, -0.1) is 11.3 Å². The van der Waals surface area contributed by atoms with Gasteiger partial charge in [0.1, 0.15) is 5.75 Å². The lowest BCUT2D eigenvalue weighted by Gasteiger charge is -2.14. The van der Waals surface area contributed by atoms with Gasteiger partial charge in [-0.1, -0.05) is 12.1 Å². The molecule has 0 aliphatic heterocycles. The molecule has 1 heterocycles. The smallest absolute Gasteiger partial charge is 0.120 e. The molecule has 0 radical (unpaired) electrons. The van der Waals surface area contributed by atoms with Crippen molar-refractivity contribution in [2.24, 2.45) is 0 Å². The van der Waals surface area contributed by atoms with E-state index in [9.17, 15) is 5.11 Å². The number of hydrogen-bond donors (Lipinski definition) is 1. The van der Waals surface area contributed by atoms with Gasteiger partial charge in [0.15, 0.2) is 0 Å². The van der Waals surface area contributed by atoms with Crippen LogP contribution in [0.3, 0.4) is 0 Å². The van der Waals surface area contributed by atoms with E-state index < -0.39 is 6.10 Å². The summed E-state index contributed by atoms with van der Waals surface area (Å²) in [5.74, 6) is 0.805. The van der Waals surface area contributed by atoms with E-state index in [4.69, 9.17) is 4.74 Å². The number of aliphatic hydroxyl groups excluding tert-OH is 1. The van der Waals surface area contributed by atoms with Crippen LogP contribution in [0, 0.1) is 0 Å². The molecule has 1 atom stereocenters. The van der Waals surface area contributed by atoms with Crippen LogP contribution in [0.1, 0.15) is 30.4 Å². The molecule has 102 valence electrons. The molecule has 0 amide bonds. The summed E-state index contributed by atoms with van der Waals surface area (Å²) in [6.07, 6.45) is 0.267. The van der Waals surface area contributed by atoms with Gasteiger partial charge in [0, 0.05) is 11.3 Å². The van der Waals surface area contributed by atoms with Gasteiger partial charge in [0.2, 0.25) is 0 Å². The molecule has 0 spiro atoms. The van der Waals surface area contributed by atoms with Crippen LogP contribution in [0.2, 0.25) is 0 Å². The number of rotatable bonds is 5. The van der Waals surface area contributed by atoms with Gasteiger partial charge >= 0.3 is 0 Å². The lowest BCUT2D eigenvalue weighted by Crippen LogP contribution is -2.06. The number of hydrogen-bond acceptors (Lipinski definition) is 3. The van der Waals surface area contributed by atoms with Crippen LogP contribution in [0.15, 0.2) is 40.2 Å². The zero-order chi connectivity index (χ0) is 13.8. The molecule has 0 fully saturated rings. The first-order chi connectivity index (χ1) is 9.04. The van der Waals surface area contributed by atoms with Crippen molar-refractivity contribution in [3.8, 4) is 5.75 Å². The molecule has 0 aliphatic rings. The third-order valence-electron chi connectivity index (χ3n) is 2.64. The van der Waals surface area contributed by atoms with Gasteiger partial charge in [0.05, 0.1) is 16.0 Å². The lowest BCUT2D eigenvalue weighted by molar-refractivity contribution is 0.178. The highest BCUT2D eigenvalue weighted by Crippen LogP contribution is 2.28. The standard InChI is InChI=1S/C15H17BrO2S/c1-10(2)18-12-5-3-4-11(8-12)14(17)9-13-6-7-15(16)19-13/h3-8,10,14,17H,9H2,1-2H3. The third kappa shape index (κ3) is 4.34. The highest BCUT2D eigenvalue weighted by atomic mass is 79.9. The molecule has 1 aromatic heterocycles. The van der Waals surface area contributed by atoms with Crippen molar-refractivity contribution in [2.45, 2.75) is 32.5 Å². The molecular weight excluding hydrogens is 324 g/mol. The molecule has 2 nitrogen and oxygen atoms in total. The van der Waals surface area contributed by atoms with Gasteiger partial charge in [-0.25, -0.2) is 0 Å². The van der Waals surface area contributed by atoms with E-state index in [2.05, 4.69) is 15.9 Å². The number of benzene rings is 1. The molecule has 4 heteroatoms. The van der Waals surface area contributed by atoms with Crippen LogP contribution in [-0.4, -0.2) is 11.2 Å². The Balaban J connectivity index is 2.08. The SMILES string of the molecule is CC(C)Oc1cccc(C(O)Cc2ccc(Br)s2)c1. The highest BCUT2D eigenvalue weighted by Gasteiger charge is 2.11. The second kappa shape index (κ2) is 6.55. The van der Waals surface area contributed by atoms with Crippen molar-refractivity contribution in [3.05, 3.63) is 50.6 Å².